The molecule has 3 aliphatic rings. The molecule has 2 heteroatoms. The Morgan fingerprint density at radius 3 is 2.80 bits per heavy atom. The van der Waals surface area contributed by atoms with Gasteiger partial charge in [0.2, 0.25) is 0 Å². The minimum Gasteiger partial charge on any atom is -0.386 e. The zero-order valence-electron chi connectivity index (χ0n) is 19.7. The van der Waals surface area contributed by atoms with Gasteiger partial charge in [-0.25, -0.2) is 4.39 Å². The van der Waals surface area contributed by atoms with Gasteiger partial charge in [-0.05, 0) is 93.1 Å². The van der Waals surface area contributed by atoms with Gasteiger partial charge < -0.3 is 5.11 Å². The normalized spacial score (nSPS) is 36.4. The van der Waals surface area contributed by atoms with Crippen LogP contribution in [0.5, 0.6) is 0 Å². The molecule has 0 heterocycles. The molecule has 1 N–H and O–H groups in total. The molecule has 3 rings (SSSR count). The van der Waals surface area contributed by atoms with E-state index >= 15 is 0 Å². The van der Waals surface area contributed by atoms with E-state index in [9.17, 15) is 9.50 Å². The maximum atomic E-state index is 14.2. The molecule has 2 saturated carbocycles. The zero-order chi connectivity index (χ0) is 22.1. The fraction of sp³-hybridized carbons (Fsp3) is 0.643. The first-order chi connectivity index (χ1) is 14.0. The van der Waals surface area contributed by atoms with Crippen molar-refractivity contribution in [1.82, 2.24) is 0 Å². The number of alkyl halides is 1. The van der Waals surface area contributed by atoms with Crippen molar-refractivity contribution in [2.75, 3.05) is 0 Å². The van der Waals surface area contributed by atoms with E-state index < -0.39 is 11.8 Å². The third kappa shape index (κ3) is 5.07. The predicted molar refractivity (Wildman–Crippen MR) is 126 cm³/mol. The molecule has 0 aromatic carbocycles. The van der Waals surface area contributed by atoms with E-state index in [-0.39, 0.29) is 5.41 Å². The van der Waals surface area contributed by atoms with Gasteiger partial charge in [-0.1, -0.05) is 68.9 Å². The highest BCUT2D eigenvalue weighted by atomic mass is 19.1. The Kier molecular flexibility index (Phi) is 6.97. The summed E-state index contributed by atoms with van der Waals surface area (Å²) < 4.78 is 14.2. The van der Waals surface area contributed by atoms with Gasteiger partial charge in [-0.15, -0.1) is 0 Å². The quantitative estimate of drug-likeness (QED) is 0.460. The molecular formula is C28H41FO. The molecule has 2 fully saturated rings. The third-order valence-corrected chi connectivity index (χ3v) is 7.62. The number of fused-ring (bicyclic) bond motifs is 1. The van der Waals surface area contributed by atoms with Gasteiger partial charge in [-0.3, -0.25) is 0 Å². The highest BCUT2D eigenvalue weighted by molar-refractivity contribution is 5.40. The van der Waals surface area contributed by atoms with Gasteiger partial charge in [0.15, 0.2) is 0 Å². The molecule has 0 saturated heterocycles. The lowest BCUT2D eigenvalue weighted by molar-refractivity contribution is 0.132. The monoisotopic (exact) mass is 412 g/mol. The van der Waals surface area contributed by atoms with Crippen LogP contribution in [0.4, 0.5) is 4.39 Å². The first kappa shape index (κ1) is 23.3. The van der Waals surface area contributed by atoms with E-state index in [2.05, 4.69) is 51.7 Å². The van der Waals surface area contributed by atoms with Gasteiger partial charge in [0.25, 0.3) is 0 Å². The van der Waals surface area contributed by atoms with E-state index in [0.717, 1.165) is 31.3 Å². The molecule has 0 radical (unpaired) electrons. The first-order valence-electron chi connectivity index (χ1n) is 11.8. The van der Waals surface area contributed by atoms with E-state index in [1.54, 1.807) is 5.57 Å². The lowest BCUT2D eigenvalue weighted by atomic mass is 9.62. The lowest BCUT2D eigenvalue weighted by Gasteiger charge is -2.42. The molecular weight excluding hydrogens is 371 g/mol. The Bertz CT molecular complexity index is 775. The minimum absolute atomic E-state index is 0.226. The van der Waals surface area contributed by atoms with Crippen LogP contribution in [0.15, 0.2) is 59.3 Å². The van der Waals surface area contributed by atoms with Crippen LogP contribution in [-0.4, -0.2) is 16.9 Å². The fourth-order valence-electron chi connectivity index (χ4n) is 5.97. The summed E-state index contributed by atoms with van der Waals surface area (Å²) in [6.07, 6.45) is 17.4. The SMILES string of the molecule is C=C1/C(=C\C=C2/CCCC3(C)C(C(C)C/C=C/C(C)(C)O)=CCC23)CC(C)CC1F. The van der Waals surface area contributed by atoms with Crippen molar-refractivity contribution in [3.8, 4) is 0 Å². The van der Waals surface area contributed by atoms with Crippen molar-refractivity contribution in [3.05, 3.63) is 59.3 Å². The molecule has 0 spiro atoms. The lowest BCUT2D eigenvalue weighted by Crippen LogP contribution is -2.32. The van der Waals surface area contributed by atoms with E-state index in [4.69, 9.17) is 0 Å². The minimum atomic E-state index is -0.882. The molecule has 1 nitrogen and oxygen atoms in total. The molecule has 0 aliphatic heterocycles. The van der Waals surface area contributed by atoms with Crippen molar-refractivity contribution in [2.45, 2.75) is 91.3 Å². The smallest absolute Gasteiger partial charge is 0.125 e. The Balaban J connectivity index is 1.75. The highest BCUT2D eigenvalue weighted by Gasteiger charge is 2.45. The molecule has 0 amide bonds. The number of rotatable bonds is 5. The molecule has 0 aromatic rings. The zero-order valence-corrected chi connectivity index (χ0v) is 19.7. The maximum absolute atomic E-state index is 14.2. The highest BCUT2D eigenvalue weighted by Crippen LogP contribution is 2.57. The van der Waals surface area contributed by atoms with Crippen LogP contribution in [-0.2, 0) is 0 Å². The first-order valence-corrected chi connectivity index (χ1v) is 11.8. The molecule has 30 heavy (non-hydrogen) atoms. The molecule has 0 aromatic heterocycles. The van der Waals surface area contributed by atoms with Crippen molar-refractivity contribution < 1.29 is 9.50 Å². The molecule has 5 unspecified atom stereocenters. The van der Waals surface area contributed by atoms with E-state index in [0.29, 0.717) is 29.7 Å². The van der Waals surface area contributed by atoms with Gasteiger partial charge in [0.05, 0.1) is 5.60 Å². The maximum Gasteiger partial charge on any atom is 0.125 e. The number of halogens is 1. The largest absolute Gasteiger partial charge is 0.386 e. The summed E-state index contributed by atoms with van der Waals surface area (Å²) in [5.74, 6) is 1.45. The number of hydrogen-bond donors (Lipinski definition) is 1. The average molecular weight is 413 g/mol. The Hall–Kier alpha value is -1.41. The van der Waals surface area contributed by atoms with Crippen LogP contribution >= 0.6 is 0 Å². The number of hydrogen-bond acceptors (Lipinski definition) is 1. The Morgan fingerprint density at radius 1 is 1.37 bits per heavy atom. The van der Waals surface area contributed by atoms with E-state index in [1.165, 1.54) is 18.4 Å². The molecule has 166 valence electrons. The second-order valence-electron chi connectivity index (χ2n) is 10.9. The summed E-state index contributed by atoms with van der Waals surface area (Å²) in [6.45, 7) is 14.6. The van der Waals surface area contributed by atoms with Crippen LogP contribution < -0.4 is 0 Å². The van der Waals surface area contributed by atoms with Gasteiger partial charge in [0, 0.05) is 0 Å². The standard InChI is InChI=1S/C28H41FO/c1-19-17-23(21(3)26(29)18-19)12-11-22-10-8-16-28(6)24(13-14-25(22)28)20(2)9-7-15-27(4,5)30/h7,11-13,15,19-20,25-26,30H,3,8-10,14,16-18H2,1-2,4-6H3/b15-7+,22-11+,23-12-. The van der Waals surface area contributed by atoms with Crippen LogP contribution in [0.2, 0.25) is 0 Å². The van der Waals surface area contributed by atoms with Crippen molar-refractivity contribution in [2.24, 2.45) is 23.2 Å². The number of aliphatic hydroxyl groups is 1. The Labute approximate surface area is 183 Å². The van der Waals surface area contributed by atoms with Crippen LogP contribution in [0.3, 0.4) is 0 Å². The van der Waals surface area contributed by atoms with E-state index in [1.807, 2.05) is 19.9 Å². The third-order valence-electron chi connectivity index (χ3n) is 7.62. The van der Waals surface area contributed by atoms with Crippen LogP contribution in [0, 0.1) is 23.2 Å². The summed E-state index contributed by atoms with van der Waals surface area (Å²) in [6, 6.07) is 0. The second-order valence-corrected chi connectivity index (χ2v) is 10.9. The molecule has 3 aliphatic carbocycles. The number of allylic oxidation sites excluding steroid dienone is 8. The van der Waals surface area contributed by atoms with Crippen molar-refractivity contribution >= 4 is 0 Å². The summed E-state index contributed by atoms with van der Waals surface area (Å²) in [7, 11) is 0. The summed E-state index contributed by atoms with van der Waals surface area (Å²) >= 11 is 0. The average Bonchev–Trinajstić information content (AvgIpc) is 3.00. The topological polar surface area (TPSA) is 20.2 Å². The Morgan fingerprint density at radius 2 is 2.10 bits per heavy atom. The van der Waals surface area contributed by atoms with Gasteiger partial charge in [0.1, 0.15) is 6.17 Å². The van der Waals surface area contributed by atoms with Gasteiger partial charge in [-0.2, -0.15) is 0 Å². The van der Waals surface area contributed by atoms with Crippen LogP contribution in [0.25, 0.3) is 0 Å². The fourth-order valence-corrected chi connectivity index (χ4v) is 5.97. The molecule has 0 bridgehead atoms. The summed E-state index contributed by atoms with van der Waals surface area (Å²) in [5.41, 5.74) is 4.40. The summed E-state index contributed by atoms with van der Waals surface area (Å²) in [5, 5.41) is 9.94. The van der Waals surface area contributed by atoms with Gasteiger partial charge >= 0.3 is 0 Å². The predicted octanol–water partition coefficient (Wildman–Crippen LogP) is 7.65. The van der Waals surface area contributed by atoms with Crippen molar-refractivity contribution in [3.63, 3.8) is 0 Å². The van der Waals surface area contributed by atoms with Crippen molar-refractivity contribution in [1.29, 1.82) is 0 Å². The molecule has 5 atom stereocenters. The van der Waals surface area contributed by atoms with Crippen LogP contribution in [0.1, 0.15) is 79.6 Å². The second kappa shape index (κ2) is 8.99. The summed E-state index contributed by atoms with van der Waals surface area (Å²) in [4.78, 5) is 0.